The molecule has 2 aliphatic carbocycles. The lowest BCUT2D eigenvalue weighted by atomic mass is 9.77. The minimum Gasteiger partial charge on any atom is -0.378 e. The second-order valence-corrected chi connectivity index (χ2v) is 6.76. The van der Waals surface area contributed by atoms with E-state index < -0.39 is 0 Å². The Labute approximate surface area is 128 Å². The van der Waals surface area contributed by atoms with Crippen molar-refractivity contribution in [3.8, 4) is 0 Å². The first-order valence-corrected chi connectivity index (χ1v) is 8.42. The molecule has 0 aromatic heterocycles. The maximum absolute atomic E-state index is 12.5. The Bertz CT molecular complexity index is 472. The van der Waals surface area contributed by atoms with Crippen LogP contribution < -0.4 is 0 Å². The maximum Gasteiger partial charge on any atom is 0.249 e. The molecule has 2 fully saturated rings. The number of ether oxygens (including phenoxy) is 1. The Hall–Kier alpha value is -1.09. The van der Waals surface area contributed by atoms with Crippen molar-refractivity contribution in [3.05, 3.63) is 22.8 Å². The van der Waals surface area contributed by atoms with E-state index in [9.17, 15) is 4.79 Å². The zero-order valence-electron chi connectivity index (χ0n) is 13.4. The van der Waals surface area contributed by atoms with Gasteiger partial charge in [-0.15, -0.1) is 0 Å². The molecule has 0 aromatic rings. The molecular weight excluding hydrogens is 262 g/mol. The van der Waals surface area contributed by atoms with Gasteiger partial charge < -0.3 is 9.64 Å². The SMILES string of the molecule is CC1=C2[C@@H](CCC[C@H]2/C=C(\C)C(=O)N2CCOCC2)CC1. The zero-order chi connectivity index (χ0) is 14.8. The van der Waals surface area contributed by atoms with Crippen LogP contribution in [0.2, 0.25) is 0 Å². The van der Waals surface area contributed by atoms with Crippen LogP contribution in [0.25, 0.3) is 0 Å². The van der Waals surface area contributed by atoms with Crippen molar-refractivity contribution in [1.29, 1.82) is 0 Å². The molecule has 0 spiro atoms. The predicted molar refractivity (Wildman–Crippen MR) is 83.9 cm³/mol. The molecule has 2 atom stereocenters. The fraction of sp³-hybridized carbons (Fsp3) is 0.722. The van der Waals surface area contributed by atoms with Gasteiger partial charge in [-0.2, -0.15) is 0 Å². The van der Waals surface area contributed by atoms with Gasteiger partial charge in [0.2, 0.25) is 5.91 Å². The topological polar surface area (TPSA) is 29.5 Å². The number of morpholine rings is 1. The fourth-order valence-corrected chi connectivity index (χ4v) is 4.26. The average Bonchev–Trinajstić information content (AvgIpc) is 2.90. The summed E-state index contributed by atoms with van der Waals surface area (Å²) in [5, 5.41) is 0. The van der Waals surface area contributed by atoms with E-state index in [-0.39, 0.29) is 5.91 Å². The number of allylic oxidation sites excluding steroid dienone is 3. The Kier molecular flexibility index (Phi) is 4.48. The molecule has 1 saturated heterocycles. The van der Waals surface area contributed by atoms with Gasteiger partial charge in [-0.3, -0.25) is 4.79 Å². The van der Waals surface area contributed by atoms with Gasteiger partial charge in [-0.05, 0) is 51.4 Å². The van der Waals surface area contributed by atoms with E-state index in [0.29, 0.717) is 19.1 Å². The Balaban J connectivity index is 1.73. The number of carbonyl (C=O) groups is 1. The van der Waals surface area contributed by atoms with Gasteiger partial charge in [0.15, 0.2) is 0 Å². The van der Waals surface area contributed by atoms with Crippen molar-refractivity contribution in [2.75, 3.05) is 26.3 Å². The molecule has 3 rings (SSSR count). The van der Waals surface area contributed by atoms with Crippen LogP contribution in [-0.4, -0.2) is 37.1 Å². The summed E-state index contributed by atoms with van der Waals surface area (Å²) in [4.78, 5) is 14.5. The highest BCUT2D eigenvalue weighted by Crippen LogP contribution is 2.45. The molecule has 3 heteroatoms. The molecule has 21 heavy (non-hydrogen) atoms. The van der Waals surface area contributed by atoms with Crippen molar-refractivity contribution < 1.29 is 9.53 Å². The minimum atomic E-state index is 0.205. The van der Waals surface area contributed by atoms with Gasteiger partial charge in [0.1, 0.15) is 0 Å². The molecule has 116 valence electrons. The molecule has 0 radical (unpaired) electrons. The van der Waals surface area contributed by atoms with Crippen molar-refractivity contribution in [2.45, 2.75) is 46.0 Å². The van der Waals surface area contributed by atoms with Gasteiger partial charge >= 0.3 is 0 Å². The second kappa shape index (κ2) is 6.35. The molecule has 1 amide bonds. The third-order valence-electron chi connectivity index (χ3n) is 5.35. The Morgan fingerprint density at radius 1 is 1.24 bits per heavy atom. The summed E-state index contributed by atoms with van der Waals surface area (Å²) in [6.07, 6.45) is 8.74. The monoisotopic (exact) mass is 289 g/mol. The van der Waals surface area contributed by atoms with E-state index >= 15 is 0 Å². The number of rotatable bonds is 2. The number of hydrogen-bond donors (Lipinski definition) is 0. The third kappa shape index (κ3) is 3.08. The van der Waals surface area contributed by atoms with Crippen LogP contribution in [0, 0.1) is 11.8 Å². The van der Waals surface area contributed by atoms with Crippen LogP contribution in [0.15, 0.2) is 22.8 Å². The first kappa shape index (κ1) is 14.8. The van der Waals surface area contributed by atoms with Crippen LogP contribution in [-0.2, 0) is 9.53 Å². The fourth-order valence-electron chi connectivity index (χ4n) is 4.26. The largest absolute Gasteiger partial charge is 0.378 e. The Morgan fingerprint density at radius 2 is 2.00 bits per heavy atom. The first-order valence-electron chi connectivity index (χ1n) is 8.42. The normalized spacial score (nSPS) is 30.6. The molecule has 1 aliphatic heterocycles. The van der Waals surface area contributed by atoms with Crippen LogP contribution in [0.4, 0.5) is 0 Å². The summed E-state index contributed by atoms with van der Waals surface area (Å²) in [6.45, 7) is 7.11. The smallest absolute Gasteiger partial charge is 0.249 e. The average molecular weight is 289 g/mol. The van der Waals surface area contributed by atoms with Crippen LogP contribution in [0.5, 0.6) is 0 Å². The van der Waals surface area contributed by atoms with E-state index in [4.69, 9.17) is 4.74 Å². The summed E-state index contributed by atoms with van der Waals surface area (Å²) >= 11 is 0. The quantitative estimate of drug-likeness (QED) is 0.576. The number of amides is 1. The molecule has 0 unspecified atom stereocenters. The van der Waals surface area contributed by atoms with Crippen LogP contribution in [0.1, 0.15) is 46.0 Å². The molecule has 1 heterocycles. The number of nitrogens with zero attached hydrogens (tertiary/aromatic N) is 1. The second-order valence-electron chi connectivity index (χ2n) is 6.76. The molecule has 1 saturated carbocycles. The number of hydrogen-bond acceptors (Lipinski definition) is 2. The lowest BCUT2D eigenvalue weighted by Gasteiger charge is -2.30. The highest BCUT2D eigenvalue weighted by molar-refractivity contribution is 5.93. The predicted octanol–water partition coefficient (Wildman–Crippen LogP) is 3.32. The molecule has 0 aromatic carbocycles. The summed E-state index contributed by atoms with van der Waals surface area (Å²) in [6, 6.07) is 0. The summed E-state index contributed by atoms with van der Waals surface area (Å²) < 4.78 is 5.33. The van der Waals surface area contributed by atoms with E-state index in [2.05, 4.69) is 13.0 Å². The summed E-state index contributed by atoms with van der Waals surface area (Å²) in [5.41, 5.74) is 4.18. The summed E-state index contributed by atoms with van der Waals surface area (Å²) in [7, 11) is 0. The highest BCUT2D eigenvalue weighted by atomic mass is 16.5. The van der Waals surface area contributed by atoms with Crippen LogP contribution >= 0.6 is 0 Å². The van der Waals surface area contributed by atoms with Crippen molar-refractivity contribution in [1.82, 2.24) is 4.90 Å². The zero-order valence-corrected chi connectivity index (χ0v) is 13.4. The highest BCUT2D eigenvalue weighted by Gasteiger charge is 2.32. The van der Waals surface area contributed by atoms with Crippen molar-refractivity contribution in [2.24, 2.45) is 11.8 Å². The standard InChI is InChI=1S/C18H27NO2/c1-13-6-7-15-4-3-5-16(17(13)15)12-14(2)18(20)19-8-10-21-11-9-19/h12,15-16H,3-11H2,1-2H3/b14-12+/t15-,16-/m0/s1. The Morgan fingerprint density at radius 3 is 2.76 bits per heavy atom. The van der Waals surface area contributed by atoms with Gasteiger partial charge in [0.25, 0.3) is 0 Å². The van der Waals surface area contributed by atoms with Gasteiger partial charge in [0, 0.05) is 18.7 Å². The lowest BCUT2D eigenvalue weighted by molar-refractivity contribution is -0.131. The first-order chi connectivity index (χ1) is 10.2. The van der Waals surface area contributed by atoms with E-state index in [0.717, 1.165) is 24.6 Å². The molecular formula is C18H27NO2. The van der Waals surface area contributed by atoms with Crippen LogP contribution in [0.3, 0.4) is 0 Å². The lowest BCUT2D eigenvalue weighted by Crippen LogP contribution is -2.41. The minimum absolute atomic E-state index is 0.205. The molecule has 3 aliphatic rings. The van der Waals surface area contributed by atoms with Crippen molar-refractivity contribution in [3.63, 3.8) is 0 Å². The van der Waals surface area contributed by atoms with Gasteiger partial charge in [0.05, 0.1) is 13.2 Å². The number of fused-ring (bicyclic) bond motifs is 1. The molecule has 0 N–H and O–H groups in total. The number of carbonyl (C=O) groups excluding carboxylic acids is 1. The summed E-state index contributed by atoms with van der Waals surface area (Å²) in [5.74, 6) is 1.51. The van der Waals surface area contributed by atoms with Gasteiger partial charge in [-0.1, -0.05) is 23.6 Å². The third-order valence-corrected chi connectivity index (χ3v) is 5.35. The molecule has 0 bridgehead atoms. The van der Waals surface area contributed by atoms with E-state index in [1.54, 1.807) is 11.1 Å². The van der Waals surface area contributed by atoms with Gasteiger partial charge in [-0.25, -0.2) is 0 Å². The van der Waals surface area contributed by atoms with Crippen molar-refractivity contribution >= 4 is 5.91 Å². The van der Waals surface area contributed by atoms with E-state index in [1.807, 2.05) is 11.8 Å². The maximum atomic E-state index is 12.5. The van der Waals surface area contributed by atoms with E-state index in [1.165, 1.54) is 32.1 Å². The molecule has 3 nitrogen and oxygen atoms in total.